The standard InChI is InChI=1S/C16H28N6O/c1-17-16(21(2)9-10-23-12-13-6-7-13)18-11-15-20-19-14-5-3-4-8-22(14)15/h13H,3-12H2,1-2H3,(H,17,18). The molecule has 0 unspecified atom stereocenters. The van der Waals surface area contributed by atoms with E-state index in [0.29, 0.717) is 6.54 Å². The fourth-order valence-electron chi connectivity index (χ4n) is 2.88. The SMILES string of the molecule is CN=C(NCc1nnc2n1CCCC2)N(C)CCOCC1CC1. The Balaban J connectivity index is 1.44. The number of fused-ring (bicyclic) bond motifs is 1. The van der Waals surface area contributed by atoms with Crippen molar-refractivity contribution in [2.24, 2.45) is 10.9 Å². The third-order valence-corrected chi connectivity index (χ3v) is 4.54. The summed E-state index contributed by atoms with van der Waals surface area (Å²) >= 11 is 0. The van der Waals surface area contributed by atoms with Gasteiger partial charge >= 0.3 is 0 Å². The van der Waals surface area contributed by atoms with Gasteiger partial charge in [-0.1, -0.05) is 0 Å². The van der Waals surface area contributed by atoms with Gasteiger partial charge in [0.25, 0.3) is 0 Å². The van der Waals surface area contributed by atoms with E-state index in [9.17, 15) is 0 Å². The second kappa shape index (κ2) is 7.77. The molecule has 1 fully saturated rings. The summed E-state index contributed by atoms with van der Waals surface area (Å²) in [6, 6.07) is 0. The van der Waals surface area contributed by atoms with Crippen molar-refractivity contribution in [3.63, 3.8) is 0 Å². The van der Waals surface area contributed by atoms with Crippen LogP contribution < -0.4 is 5.32 Å². The summed E-state index contributed by atoms with van der Waals surface area (Å²) in [4.78, 5) is 6.44. The van der Waals surface area contributed by atoms with E-state index < -0.39 is 0 Å². The first-order valence-corrected chi connectivity index (χ1v) is 8.68. The fraction of sp³-hybridized carbons (Fsp3) is 0.812. The van der Waals surface area contributed by atoms with Gasteiger partial charge in [0.05, 0.1) is 13.2 Å². The Hall–Kier alpha value is -1.63. The largest absolute Gasteiger partial charge is 0.379 e. The Labute approximate surface area is 138 Å². The van der Waals surface area contributed by atoms with Gasteiger partial charge in [0, 0.05) is 40.2 Å². The maximum Gasteiger partial charge on any atom is 0.193 e. The number of ether oxygens (including phenoxy) is 1. The molecule has 1 N–H and O–H groups in total. The fourth-order valence-corrected chi connectivity index (χ4v) is 2.88. The predicted molar refractivity (Wildman–Crippen MR) is 89.3 cm³/mol. The van der Waals surface area contributed by atoms with Crippen molar-refractivity contribution >= 4 is 5.96 Å². The highest BCUT2D eigenvalue weighted by Gasteiger charge is 2.21. The lowest BCUT2D eigenvalue weighted by Gasteiger charge is -2.22. The molecule has 1 aromatic rings. The first-order valence-electron chi connectivity index (χ1n) is 8.68. The summed E-state index contributed by atoms with van der Waals surface area (Å²) in [5, 5.41) is 12.0. The van der Waals surface area contributed by atoms with E-state index in [0.717, 1.165) is 56.3 Å². The Morgan fingerprint density at radius 2 is 2.26 bits per heavy atom. The van der Waals surface area contributed by atoms with Crippen LogP contribution in [-0.2, 0) is 24.2 Å². The van der Waals surface area contributed by atoms with Crippen LogP contribution in [0.25, 0.3) is 0 Å². The topological polar surface area (TPSA) is 67.6 Å². The molecule has 0 spiro atoms. The molecule has 2 heterocycles. The van der Waals surface area contributed by atoms with Gasteiger partial charge in [-0.15, -0.1) is 10.2 Å². The highest BCUT2D eigenvalue weighted by atomic mass is 16.5. The lowest BCUT2D eigenvalue weighted by Crippen LogP contribution is -2.40. The zero-order valence-electron chi connectivity index (χ0n) is 14.3. The normalized spacial score (nSPS) is 17.9. The summed E-state index contributed by atoms with van der Waals surface area (Å²) in [5.41, 5.74) is 0. The zero-order chi connectivity index (χ0) is 16.1. The van der Waals surface area contributed by atoms with Crippen molar-refractivity contribution in [2.75, 3.05) is 33.9 Å². The molecule has 0 saturated heterocycles. The minimum Gasteiger partial charge on any atom is -0.379 e. The number of aryl methyl sites for hydroxylation is 1. The highest BCUT2D eigenvalue weighted by molar-refractivity contribution is 5.79. The van der Waals surface area contributed by atoms with Gasteiger partial charge < -0.3 is 19.5 Å². The van der Waals surface area contributed by atoms with E-state index in [-0.39, 0.29) is 0 Å². The molecule has 1 aliphatic heterocycles. The Kier molecular flexibility index (Phi) is 5.48. The summed E-state index contributed by atoms with van der Waals surface area (Å²) in [5.74, 6) is 3.80. The van der Waals surface area contributed by atoms with E-state index in [2.05, 4.69) is 30.0 Å². The molecule has 7 heteroatoms. The van der Waals surface area contributed by atoms with Gasteiger partial charge in [0.15, 0.2) is 11.8 Å². The van der Waals surface area contributed by atoms with E-state index in [4.69, 9.17) is 4.74 Å². The minimum atomic E-state index is 0.660. The monoisotopic (exact) mass is 320 g/mol. The number of nitrogens with zero attached hydrogens (tertiary/aromatic N) is 5. The molecule has 3 rings (SSSR count). The lowest BCUT2D eigenvalue weighted by atomic mass is 10.2. The first-order chi connectivity index (χ1) is 11.3. The van der Waals surface area contributed by atoms with Crippen LogP contribution in [0.3, 0.4) is 0 Å². The van der Waals surface area contributed by atoms with Crippen LogP contribution in [-0.4, -0.2) is 59.5 Å². The van der Waals surface area contributed by atoms with Crippen molar-refractivity contribution < 1.29 is 4.74 Å². The Bertz CT molecular complexity index is 537. The van der Waals surface area contributed by atoms with Crippen molar-refractivity contribution in [3.05, 3.63) is 11.6 Å². The predicted octanol–water partition coefficient (Wildman–Crippen LogP) is 1.05. The van der Waals surface area contributed by atoms with E-state index >= 15 is 0 Å². The lowest BCUT2D eigenvalue weighted by molar-refractivity contribution is 0.115. The van der Waals surface area contributed by atoms with Crippen molar-refractivity contribution in [1.82, 2.24) is 25.0 Å². The molecule has 0 radical (unpaired) electrons. The summed E-state index contributed by atoms with van der Waals surface area (Å²) in [7, 11) is 3.85. The first kappa shape index (κ1) is 16.2. The van der Waals surface area contributed by atoms with Crippen LogP contribution in [0.4, 0.5) is 0 Å². The molecule has 0 aromatic carbocycles. The van der Waals surface area contributed by atoms with Gasteiger partial charge in [-0.2, -0.15) is 0 Å². The zero-order valence-corrected chi connectivity index (χ0v) is 14.3. The summed E-state index contributed by atoms with van der Waals surface area (Å²) in [6.45, 7) is 4.18. The molecule has 1 saturated carbocycles. The van der Waals surface area contributed by atoms with Gasteiger partial charge in [-0.25, -0.2) is 0 Å². The second-order valence-electron chi connectivity index (χ2n) is 6.48. The van der Waals surface area contributed by atoms with Gasteiger partial charge in [0.1, 0.15) is 5.82 Å². The molecule has 7 nitrogen and oxygen atoms in total. The number of hydrogen-bond donors (Lipinski definition) is 1. The maximum atomic E-state index is 5.70. The van der Waals surface area contributed by atoms with Crippen LogP contribution in [0.1, 0.15) is 37.3 Å². The highest BCUT2D eigenvalue weighted by Crippen LogP contribution is 2.28. The number of hydrogen-bond acceptors (Lipinski definition) is 4. The third-order valence-electron chi connectivity index (χ3n) is 4.54. The van der Waals surface area contributed by atoms with E-state index in [1.165, 1.54) is 25.7 Å². The van der Waals surface area contributed by atoms with Crippen molar-refractivity contribution in [1.29, 1.82) is 0 Å². The van der Waals surface area contributed by atoms with Gasteiger partial charge in [0.2, 0.25) is 0 Å². The Morgan fingerprint density at radius 1 is 1.39 bits per heavy atom. The van der Waals surface area contributed by atoms with Crippen LogP contribution in [0, 0.1) is 5.92 Å². The molecular formula is C16H28N6O. The number of aromatic nitrogens is 3. The molecular weight excluding hydrogens is 292 g/mol. The maximum absolute atomic E-state index is 5.70. The molecule has 1 aromatic heterocycles. The van der Waals surface area contributed by atoms with Crippen molar-refractivity contribution in [2.45, 2.75) is 45.2 Å². The second-order valence-corrected chi connectivity index (χ2v) is 6.48. The molecule has 0 atom stereocenters. The molecule has 1 aliphatic carbocycles. The number of guanidine groups is 1. The Morgan fingerprint density at radius 3 is 3.04 bits per heavy atom. The molecule has 23 heavy (non-hydrogen) atoms. The summed E-state index contributed by atoms with van der Waals surface area (Å²) in [6.07, 6.45) is 6.14. The average Bonchev–Trinajstić information content (AvgIpc) is 3.31. The van der Waals surface area contributed by atoms with Crippen LogP contribution in [0.5, 0.6) is 0 Å². The van der Waals surface area contributed by atoms with Crippen molar-refractivity contribution in [3.8, 4) is 0 Å². The van der Waals surface area contributed by atoms with Crippen LogP contribution >= 0.6 is 0 Å². The third kappa shape index (κ3) is 4.43. The smallest absolute Gasteiger partial charge is 0.193 e. The molecule has 0 amide bonds. The van der Waals surface area contributed by atoms with E-state index in [1.807, 2.05) is 14.1 Å². The van der Waals surface area contributed by atoms with Gasteiger partial charge in [-0.3, -0.25) is 4.99 Å². The molecule has 128 valence electrons. The number of nitrogens with one attached hydrogen (secondary N) is 1. The average molecular weight is 320 g/mol. The number of aliphatic imine (C=N–C) groups is 1. The summed E-state index contributed by atoms with van der Waals surface area (Å²) < 4.78 is 7.94. The molecule has 2 aliphatic rings. The quantitative estimate of drug-likeness (QED) is 0.462. The number of likely N-dealkylation sites (N-methyl/N-ethyl adjacent to an activating group) is 1. The van der Waals surface area contributed by atoms with Gasteiger partial charge in [-0.05, 0) is 31.6 Å². The van der Waals surface area contributed by atoms with Crippen LogP contribution in [0.15, 0.2) is 4.99 Å². The minimum absolute atomic E-state index is 0.660. The van der Waals surface area contributed by atoms with E-state index in [1.54, 1.807) is 0 Å². The van der Waals surface area contributed by atoms with Crippen LogP contribution in [0.2, 0.25) is 0 Å². The molecule has 0 bridgehead atoms. The number of rotatable bonds is 7.